The van der Waals surface area contributed by atoms with Crippen molar-refractivity contribution in [1.29, 1.82) is 0 Å². The van der Waals surface area contributed by atoms with Gasteiger partial charge in [0.05, 0.1) is 0 Å². The maximum absolute atomic E-state index is 3.87. The molecule has 2 aromatic rings. The van der Waals surface area contributed by atoms with Crippen molar-refractivity contribution in [3.63, 3.8) is 0 Å². The Bertz CT molecular complexity index is 399. The highest BCUT2D eigenvalue weighted by Crippen LogP contribution is 2.13. The molecular formula is C9H8N4. The van der Waals surface area contributed by atoms with Gasteiger partial charge >= 0.3 is 0 Å². The van der Waals surface area contributed by atoms with Gasteiger partial charge in [-0.2, -0.15) is 0 Å². The molecule has 0 radical (unpaired) electrons. The zero-order valence-electron chi connectivity index (χ0n) is 7.18. The molecule has 0 unspecified atom stereocenters. The fourth-order valence-corrected chi connectivity index (χ4v) is 1.10. The van der Waals surface area contributed by atoms with Crippen LogP contribution in [0.4, 0.5) is 0 Å². The average Bonchev–Trinajstić information content (AvgIpc) is 2.19. The third-order valence-electron chi connectivity index (χ3n) is 1.68. The summed E-state index contributed by atoms with van der Waals surface area (Å²) in [4.78, 5) is 0. The van der Waals surface area contributed by atoms with Crippen LogP contribution in [0.15, 0.2) is 30.6 Å². The van der Waals surface area contributed by atoms with Crippen molar-refractivity contribution in [1.82, 2.24) is 20.4 Å². The summed E-state index contributed by atoms with van der Waals surface area (Å²) < 4.78 is 0. The van der Waals surface area contributed by atoms with Crippen LogP contribution >= 0.6 is 0 Å². The summed E-state index contributed by atoms with van der Waals surface area (Å²) in [5.74, 6) is 0.561. The molecule has 0 atom stereocenters. The van der Waals surface area contributed by atoms with Crippen LogP contribution in [-0.2, 0) is 0 Å². The minimum atomic E-state index is 0.561. The first-order valence-corrected chi connectivity index (χ1v) is 3.93. The molecule has 2 rings (SSSR count). The summed E-state index contributed by atoms with van der Waals surface area (Å²) >= 11 is 0. The third-order valence-corrected chi connectivity index (χ3v) is 1.68. The normalized spacial score (nSPS) is 9.92. The summed E-state index contributed by atoms with van der Waals surface area (Å²) in [6.07, 6.45) is 1.32. The number of hydrogen-bond donors (Lipinski definition) is 0. The molecule has 1 aromatic carbocycles. The first-order chi connectivity index (χ1) is 6.36. The van der Waals surface area contributed by atoms with Crippen LogP contribution in [0, 0.1) is 6.92 Å². The molecule has 0 aliphatic carbocycles. The molecule has 0 aliphatic heterocycles. The van der Waals surface area contributed by atoms with Gasteiger partial charge in [0.1, 0.15) is 0 Å². The molecule has 0 saturated carbocycles. The highest BCUT2D eigenvalue weighted by atomic mass is 15.3. The van der Waals surface area contributed by atoms with E-state index in [2.05, 4.69) is 20.4 Å². The lowest BCUT2D eigenvalue weighted by molar-refractivity contribution is 0.864. The lowest BCUT2D eigenvalue weighted by atomic mass is 10.1. The number of aromatic nitrogens is 4. The zero-order chi connectivity index (χ0) is 9.10. The van der Waals surface area contributed by atoms with Gasteiger partial charge in [-0.05, 0) is 13.0 Å². The summed E-state index contributed by atoms with van der Waals surface area (Å²) in [5, 5.41) is 15.1. The van der Waals surface area contributed by atoms with Gasteiger partial charge in [0.15, 0.2) is 6.33 Å². The van der Waals surface area contributed by atoms with E-state index in [-0.39, 0.29) is 0 Å². The molecule has 0 amide bonds. The molecule has 1 aromatic heterocycles. The lowest BCUT2D eigenvalue weighted by Gasteiger charge is -1.97. The Hall–Kier alpha value is -1.84. The Morgan fingerprint density at radius 3 is 2.54 bits per heavy atom. The van der Waals surface area contributed by atoms with E-state index in [0.717, 1.165) is 5.56 Å². The largest absolute Gasteiger partial charge is 0.203 e. The zero-order valence-corrected chi connectivity index (χ0v) is 7.18. The lowest BCUT2D eigenvalue weighted by Crippen LogP contribution is -1.93. The number of nitrogens with zero attached hydrogens (tertiary/aromatic N) is 4. The summed E-state index contributed by atoms with van der Waals surface area (Å²) in [6, 6.07) is 7.92. The highest BCUT2D eigenvalue weighted by molar-refractivity contribution is 5.54. The average molecular weight is 172 g/mol. The van der Waals surface area contributed by atoms with E-state index in [4.69, 9.17) is 0 Å². The molecule has 0 N–H and O–H groups in total. The smallest absolute Gasteiger partial charge is 0.135 e. The molecule has 1 heterocycles. The fourth-order valence-electron chi connectivity index (χ4n) is 1.10. The van der Waals surface area contributed by atoms with Gasteiger partial charge in [-0.1, -0.05) is 23.8 Å². The van der Waals surface area contributed by atoms with E-state index in [1.165, 1.54) is 11.9 Å². The molecule has 0 saturated heterocycles. The Morgan fingerprint density at radius 2 is 1.85 bits per heavy atom. The van der Waals surface area contributed by atoms with E-state index in [0.29, 0.717) is 5.82 Å². The molecule has 0 spiro atoms. The predicted octanol–water partition coefficient (Wildman–Crippen LogP) is 1.24. The SMILES string of the molecule is Cc1cccc(-c2nncnn2)c1. The molecule has 13 heavy (non-hydrogen) atoms. The second-order valence-electron chi connectivity index (χ2n) is 2.74. The summed E-state index contributed by atoms with van der Waals surface area (Å²) in [6.45, 7) is 2.02. The van der Waals surface area contributed by atoms with E-state index >= 15 is 0 Å². The van der Waals surface area contributed by atoms with Gasteiger partial charge in [-0.15, -0.1) is 20.4 Å². The van der Waals surface area contributed by atoms with Crippen molar-refractivity contribution in [2.45, 2.75) is 6.92 Å². The van der Waals surface area contributed by atoms with Gasteiger partial charge in [0.25, 0.3) is 0 Å². The number of rotatable bonds is 1. The molecule has 64 valence electrons. The van der Waals surface area contributed by atoms with E-state index < -0.39 is 0 Å². The number of hydrogen-bond acceptors (Lipinski definition) is 4. The fraction of sp³-hybridized carbons (Fsp3) is 0.111. The maximum atomic E-state index is 3.87. The summed E-state index contributed by atoms with van der Waals surface area (Å²) in [5.41, 5.74) is 2.12. The predicted molar refractivity (Wildman–Crippen MR) is 47.8 cm³/mol. The Kier molecular flexibility index (Phi) is 1.96. The molecule has 0 fully saturated rings. The van der Waals surface area contributed by atoms with Crippen molar-refractivity contribution in [2.24, 2.45) is 0 Å². The Morgan fingerprint density at radius 1 is 1.08 bits per heavy atom. The quantitative estimate of drug-likeness (QED) is 0.649. The van der Waals surface area contributed by atoms with Crippen LogP contribution in [-0.4, -0.2) is 20.4 Å². The van der Waals surface area contributed by atoms with Crippen LogP contribution in [0.25, 0.3) is 11.4 Å². The van der Waals surface area contributed by atoms with Crippen molar-refractivity contribution >= 4 is 0 Å². The van der Waals surface area contributed by atoms with Crippen LogP contribution in [0.1, 0.15) is 5.56 Å². The molecule has 4 heteroatoms. The van der Waals surface area contributed by atoms with Crippen molar-refractivity contribution in [2.75, 3.05) is 0 Å². The van der Waals surface area contributed by atoms with Crippen LogP contribution in [0.2, 0.25) is 0 Å². The van der Waals surface area contributed by atoms with E-state index in [1.54, 1.807) is 0 Å². The minimum Gasteiger partial charge on any atom is -0.135 e. The molecule has 0 aliphatic rings. The van der Waals surface area contributed by atoms with Crippen molar-refractivity contribution in [3.05, 3.63) is 36.2 Å². The van der Waals surface area contributed by atoms with Crippen LogP contribution in [0.3, 0.4) is 0 Å². The molecule has 0 bridgehead atoms. The van der Waals surface area contributed by atoms with E-state index in [9.17, 15) is 0 Å². The Balaban J connectivity index is 2.48. The van der Waals surface area contributed by atoms with Gasteiger partial charge in [0, 0.05) is 5.56 Å². The second kappa shape index (κ2) is 3.26. The van der Waals surface area contributed by atoms with Crippen LogP contribution in [0.5, 0.6) is 0 Å². The van der Waals surface area contributed by atoms with Crippen molar-refractivity contribution in [3.8, 4) is 11.4 Å². The van der Waals surface area contributed by atoms with E-state index in [1.807, 2.05) is 31.2 Å². The molecule has 4 nitrogen and oxygen atoms in total. The standard InChI is InChI=1S/C9H8N4/c1-7-3-2-4-8(5-7)9-12-10-6-11-13-9/h2-6H,1H3. The minimum absolute atomic E-state index is 0.561. The maximum Gasteiger partial charge on any atom is 0.203 e. The third kappa shape index (κ3) is 1.66. The Labute approximate surface area is 75.7 Å². The first kappa shape index (κ1) is 7.79. The second-order valence-corrected chi connectivity index (χ2v) is 2.74. The van der Waals surface area contributed by atoms with Gasteiger partial charge < -0.3 is 0 Å². The van der Waals surface area contributed by atoms with Crippen LogP contribution < -0.4 is 0 Å². The molecular weight excluding hydrogens is 164 g/mol. The highest BCUT2D eigenvalue weighted by Gasteiger charge is 1.99. The summed E-state index contributed by atoms with van der Waals surface area (Å²) in [7, 11) is 0. The van der Waals surface area contributed by atoms with Gasteiger partial charge in [0.2, 0.25) is 5.82 Å². The monoisotopic (exact) mass is 172 g/mol. The first-order valence-electron chi connectivity index (χ1n) is 3.93. The van der Waals surface area contributed by atoms with Gasteiger partial charge in [-0.3, -0.25) is 0 Å². The topological polar surface area (TPSA) is 51.6 Å². The van der Waals surface area contributed by atoms with Gasteiger partial charge in [-0.25, -0.2) is 0 Å². The number of benzene rings is 1. The van der Waals surface area contributed by atoms with Crippen molar-refractivity contribution < 1.29 is 0 Å². The number of aryl methyl sites for hydroxylation is 1.